The Bertz CT molecular complexity index is 476. The molecule has 2 aliphatic rings. The molecule has 4 nitrogen and oxygen atoms in total. The van der Waals surface area contributed by atoms with E-state index >= 15 is 0 Å². The first-order chi connectivity index (χ1) is 9.45. The molecule has 1 saturated carbocycles. The van der Waals surface area contributed by atoms with Crippen molar-refractivity contribution in [2.24, 2.45) is 17.1 Å². The highest BCUT2D eigenvalue weighted by atomic mass is 16.5. The minimum absolute atomic E-state index is 0.0562. The van der Waals surface area contributed by atoms with Crippen molar-refractivity contribution < 1.29 is 4.74 Å². The van der Waals surface area contributed by atoms with Gasteiger partial charge in [-0.3, -0.25) is 4.98 Å². The molecule has 3 unspecified atom stereocenters. The van der Waals surface area contributed by atoms with Gasteiger partial charge in [-0.2, -0.15) is 0 Å². The van der Waals surface area contributed by atoms with E-state index in [2.05, 4.69) is 42.9 Å². The smallest absolute Gasteiger partial charge is 0.0691 e. The van der Waals surface area contributed by atoms with Crippen LogP contribution >= 0.6 is 0 Å². The molecule has 1 saturated heterocycles. The normalized spacial score (nSPS) is 34.9. The van der Waals surface area contributed by atoms with Gasteiger partial charge in [-0.15, -0.1) is 0 Å². The third-order valence-electron chi connectivity index (χ3n) is 5.40. The number of likely N-dealkylation sites (N-methyl/N-ethyl adjacent to an activating group) is 1. The lowest BCUT2D eigenvalue weighted by Crippen LogP contribution is -2.77. The summed E-state index contributed by atoms with van der Waals surface area (Å²) in [6, 6.07) is 4.13. The number of rotatable bonds is 4. The van der Waals surface area contributed by atoms with Crippen molar-refractivity contribution in [3.8, 4) is 0 Å². The molecule has 1 aliphatic heterocycles. The van der Waals surface area contributed by atoms with Crippen molar-refractivity contribution in [2.75, 3.05) is 20.2 Å². The van der Waals surface area contributed by atoms with Crippen LogP contribution in [0.3, 0.4) is 0 Å². The average molecular weight is 275 g/mol. The first-order valence-corrected chi connectivity index (χ1v) is 7.43. The maximum atomic E-state index is 6.79. The summed E-state index contributed by atoms with van der Waals surface area (Å²) in [6.07, 6.45) is 5.14. The van der Waals surface area contributed by atoms with Crippen LogP contribution < -0.4 is 5.73 Å². The predicted molar refractivity (Wildman–Crippen MR) is 79.1 cm³/mol. The molecule has 2 heterocycles. The fourth-order valence-electron chi connectivity index (χ4n) is 4.10. The summed E-state index contributed by atoms with van der Waals surface area (Å²) >= 11 is 0. The zero-order valence-corrected chi connectivity index (χ0v) is 12.7. The van der Waals surface area contributed by atoms with Crippen molar-refractivity contribution >= 4 is 0 Å². The van der Waals surface area contributed by atoms with E-state index in [9.17, 15) is 0 Å². The fraction of sp³-hybridized carbons (Fsp3) is 0.688. The molecule has 0 aromatic carbocycles. The summed E-state index contributed by atoms with van der Waals surface area (Å²) in [7, 11) is 2.15. The van der Waals surface area contributed by atoms with Crippen LogP contribution in [0.15, 0.2) is 24.5 Å². The zero-order valence-electron chi connectivity index (χ0n) is 12.7. The van der Waals surface area contributed by atoms with Crippen molar-refractivity contribution in [3.63, 3.8) is 0 Å². The number of fused-ring (bicyclic) bond motifs is 1. The van der Waals surface area contributed by atoms with Gasteiger partial charge in [-0.1, -0.05) is 13.8 Å². The maximum Gasteiger partial charge on any atom is 0.0691 e. The van der Waals surface area contributed by atoms with Gasteiger partial charge in [0.05, 0.1) is 6.10 Å². The molecular formula is C16H25N3O. The lowest BCUT2D eigenvalue weighted by Gasteiger charge is -2.63. The lowest BCUT2D eigenvalue weighted by molar-refractivity contribution is -0.162. The van der Waals surface area contributed by atoms with Gasteiger partial charge in [0.2, 0.25) is 0 Å². The predicted octanol–water partition coefficient (Wildman–Crippen LogP) is 1.66. The Morgan fingerprint density at radius 3 is 2.80 bits per heavy atom. The minimum atomic E-state index is -0.143. The van der Waals surface area contributed by atoms with Crippen molar-refractivity contribution in [3.05, 3.63) is 30.1 Å². The molecule has 0 bridgehead atoms. The summed E-state index contributed by atoms with van der Waals surface area (Å²) in [4.78, 5) is 6.39. The second-order valence-corrected chi connectivity index (χ2v) is 6.98. The van der Waals surface area contributed by atoms with Crippen LogP contribution in [0.25, 0.3) is 0 Å². The molecular weight excluding hydrogens is 250 g/mol. The summed E-state index contributed by atoms with van der Waals surface area (Å²) in [5.41, 5.74) is 7.98. The first-order valence-electron chi connectivity index (χ1n) is 7.43. The van der Waals surface area contributed by atoms with Crippen molar-refractivity contribution in [1.29, 1.82) is 0 Å². The van der Waals surface area contributed by atoms with Gasteiger partial charge in [-0.05, 0) is 31.2 Å². The molecule has 0 radical (unpaired) electrons. The largest absolute Gasteiger partial charge is 0.377 e. The average Bonchev–Trinajstić information content (AvgIpc) is 2.88. The number of aromatic nitrogens is 1. The second-order valence-electron chi connectivity index (χ2n) is 6.98. The fourth-order valence-corrected chi connectivity index (χ4v) is 4.10. The molecule has 1 aromatic heterocycles. The number of ether oxygens (including phenoxy) is 1. The van der Waals surface area contributed by atoms with Gasteiger partial charge in [0.25, 0.3) is 0 Å². The zero-order chi connectivity index (χ0) is 14.4. The van der Waals surface area contributed by atoms with Crippen LogP contribution in [0.4, 0.5) is 0 Å². The summed E-state index contributed by atoms with van der Waals surface area (Å²) in [6.45, 7) is 7.19. The maximum absolute atomic E-state index is 6.79. The van der Waals surface area contributed by atoms with Crippen LogP contribution in [0.2, 0.25) is 0 Å². The number of pyridine rings is 1. The number of nitrogens with zero attached hydrogens (tertiary/aromatic N) is 2. The van der Waals surface area contributed by atoms with E-state index in [1.54, 1.807) is 0 Å². The van der Waals surface area contributed by atoms with E-state index in [1.165, 1.54) is 5.56 Å². The van der Waals surface area contributed by atoms with E-state index in [-0.39, 0.29) is 11.0 Å². The van der Waals surface area contributed by atoms with Crippen molar-refractivity contribution in [2.45, 2.75) is 38.5 Å². The lowest BCUT2D eigenvalue weighted by atomic mass is 9.48. The monoisotopic (exact) mass is 275 g/mol. The minimum Gasteiger partial charge on any atom is -0.377 e. The Labute approximate surface area is 121 Å². The van der Waals surface area contributed by atoms with Crippen molar-refractivity contribution in [1.82, 2.24) is 9.88 Å². The summed E-state index contributed by atoms with van der Waals surface area (Å²) < 4.78 is 5.86. The highest BCUT2D eigenvalue weighted by molar-refractivity contribution is 5.22. The Balaban J connectivity index is 1.68. The summed E-state index contributed by atoms with van der Waals surface area (Å²) in [5, 5.41) is 0. The molecule has 0 amide bonds. The number of nitrogens with two attached hydrogens (primary N) is 1. The van der Waals surface area contributed by atoms with Gasteiger partial charge in [-0.25, -0.2) is 0 Å². The molecule has 1 aliphatic carbocycles. The Morgan fingerprint density at radius 1 is 1.40 bits per heavy atom. The Morgan fingerprint density at radius 2 is 2.10 bits per heavy atom. The van der Waals surface area contributed by atoms with Crippen LogP contribution in [0, 0.1) is 11.3 Å². The molecule has 1 aromatic rings. The second kappa shape index (κ2) is 4.79. The standard InChI is InChI=1S/C16H25N3O/c1-15(2)14-13(6-9-20-14)16(15,17)11-19(3)10-12-4-7-18-8-5-12/h4-5,7-8,13-14H,6,9-11,17H2,1-3H3. The van der Waals surface area contributed by atoms with E-state index in [0.29, 0.717) is 12.0 Å². The van der Waals surface area contributed by atoms with Gasteiger partial charge in [0, 0.05) is 49.0 Å². The van der Waals surface area contributed by atoms with Crippen LogP contribution in [-0.4, -0.2) is 41.7 Å². The number of hydrogen-bond donors (Lipinski definition) is 1. The highest BCUT2D eigenvalue weighted by Gasteiger charge is 2.67. The first kappa shape index (κ1) is 14.0. The van der Waals surface area contributed by atoms with Crippen LogP contribution in [-0.2, 0) is 11.3 Å². The molecule has 3 rings (SSSR count). The topological polar surface area (TPSA) is 51.4 Å². The molecule has 2 fully saturated rings. The molecule has 2 N–H and O–H groups in total. The number of hydrogen-bond acceptors (Lipinski definition) is 4. The SMILES string of the molecule is CN(Cc1ccncc1)CC1(N)C2CCOC2C1(C)C. The Hall–Kier alpha value is -0.970. The summed E-state index contributed by atoms with van der Waals surface area (Å²) in [5.74, 6) is 0.511. The quantitative estimate of drug-likeness (QED) is 0.908. The van der Waals surface area contributed by atoms with Crippen LogP contribution in [0.5, 0.6) is 0 Å². The third-order valence-corrected chi connectivity index (χ3v) is 5.40. The van der Waals surface area contributed by atoms with Gasteiger partial charge >= 0.3 is 0 Å². The molecule has 20 heavy (non-hydrogen) atoms. The van der Waals surface area contributed by atoms with E-state index in [1.807, 2.05) is 12.4 Å². The molecule has 110 valence electrons. The molecule has 3 atom stereocenters. The van der Waals surface area contributed by atoms with Crippen LogP contribution in [0.1, 0.15) is 25.8 Å². The van der Waals surface area contributed by atoms with E-state index in [0.717, 1.165) is 26.1 Å². The third kappa shape index (κ3) is 1.98. The van der Waals surface area contributed by atoms with Gasteiger partial charge < -0.3 is 15.4 Å². The van der Waals surface area contributed by atoms with E-state index < -0.39 is 0 Å². The van der Waals surface area contributed by atoms with Gasteiger partial charge in [0.15, 0.2) is 0 Å². The van der Waals surface area contributed by atoms with E-state index in [4.69, 9.17) is 10.5 Å². The highest BCUT2D eigenvalue weighted by Crippen LogP contribution is 2.58. The Kier molecular flexibility index (Phi) is 3.35. The molecule has 4 heteroatoms. The molecule has 0 spiro atoms. The van der Waals surface area contributed by atoms with Gasteiger partial charge in [0.1, 0.15) is 0 Å².